The normalized spacial score (nSPS) is 13.2. The van der Waals surface area contributed by atoms with E-state index in [2.05, 4.69) is 17.2 Å². The molecule has 1 atom stereocenters. The molecule has 12 heavy (non-hydrogen) atoms. The molecule has 0 fully saturated rings. The highest BCUT2D eigenvalue weighted by Gasteiger charge is 2.06. The largest absolute Gasteiger partial charge is 0.323 e. The second kappa shape index (κ2) is 4.21. The van der Waals surface area contributed by atoms with E-state index in [1.807, 2.05) is 17.8 Å². The van der Waals surface area contributed by atoms with Gasteiger partial charge in [-0.25, -0.2) is 0 Å². The molecule has 1 unspecified atom stereocenters. The van der Waals surface area contributed by atoms with Crippen molar-refractivity contribution in [2.75, 3.05) is 0 Å². The van der Waals surface area contributed by atoms with E-state index in [4.69, 9.17) is 5.73 Å². The molecular formula is C8H16N4. The van der Waals surface area contributed by atoms with Crippen molar-refractivity contribution in [3.8, 4) is 0 Å². The van der Waals surface area contributed by atoms with E-state index in [0.29, 0.717) is 0 Å². The summed E-state index contributed by atoms with van der Waals surface area (Å²) in [5.74, 6) is 0. The van der Waals surface area contributed by atoms with Crippen molar-refractivity contribution in [1.29, 1.82) is 0 Å². The molecule has 0 spiro atoms. The van der Waals surface area contributed by atoms with Crippen LogP contribution < -0.4 is 5.73 Å². The highest BCUT2D eigenvalue weighted by molar-refractivity contribution is 4.98. The maximum atomic E-state index is 5.79. The van der Waals surface area contributed by atoms with Gasteiger partial charge in [-0.1, -0.05) is 19.1 Å². The smallest absolute Gasteiger partial charge is 0.0993 e. The van der Waals surface area contributed by atoms with Crippen LogP contribution in [0, 0.1) is 0 Å². The molecule has 0 saturated carbocycles. The van der Waals surface area contributed by atoms with Gasteiger partial charge in [0.1, 0.15) is 0 Å². The average Bonchev–Trinajstić information content (AvgIpc) is 2.52. The second-order valence-corrected chi connectivity index (χ2v) is 2.92. The molecule has 4 nitrogen and oxygen atoms in total. The van der Waals surface area contributed by atoms with Crippen molar-refractivity contribution in [1.82, 2.24) is 15.0 Å². The molecule has 0 aromatic carbocycles. The number of aryl methyl sites for hydroxylation is 1. The zero-order chi connectivity index (χ0) is 8.97. The molecule has 0 bridgehead atoms. The van der Waals surface area contributed by atoms with Crippen LogP contribution in [0.2, 0.25) is 0 Å². The number of nitrogens with two attached hydrogens (primary N) is 1. The number of rotatable bonds is 4. The van der Waals surface area contributed by atoms with E-state index in [1.165, 1.54) is 0 Å². The second-order valence-electron chi connectivity index (χ2n) is 2.92. The van der Waals surface area contributed by atoms with E-state index >= 15 is 0 Å². The Labute approximate surface area is 72.8 Å². The van der Waals surface area contributed by atoms with Gasteiger partial charge in [-0.05, 0) is 12.8 Å². The Morgan fingerprint density at radius 1 is 1.58 bits per heavy atom. The maximum Gasteiger partial charge on any atom is 0.0993 e. The van der Waals surface area contributed by atoms with Crippen LogP contribution in [0.1, 0.15) is 38.4 Å². The minimum Gasteiger partial charge on any atom is -0.323 e. The topological polar surface area (TPSA) is 56.7 Å². The zero-order valence-corrected chi connectivity index (χ0v) is 7.70. The van der Waals surface area contributed by atoms with Crippen molar-refractivity contribution in [3.05, 3.63) is 11.9 Å². The molecule has 1 heterocycles. The van der Waals surface area contributed by atoms with Crippen molar-refractivity contribution in [2.24, 2.45) is 5.73 Å². The lowest BCUT2D eigenvalue weighted by molar-refractivity contribution is 0.578. The van der Waals surface area contributed by atoms with Gasteiger partial charge < -0.3 is 5.73 Å². The minimum atomic E-state index is 0.0376. The number of aromatic nitrogens is 3. The van der Waals surface area contributed by atoms with Gasteiger partial charge in [0, 0.05) is 6.54 Å². The molecule has 0 aliphatic carbocycles. The lowest BCUT2D eigenvalue weighted by Gasteiger charge is -2.01. The van der Waals surface area contributed by atoms with Crippen molar-refractivity contribution in [3.63, 3.8) is 0 Å². The molecule has 0 radical (unpaired) electrons. The molecule has 0 saturated heterocycles. The monoisotopic (exact) mass is 168 g/mol. The molecule has 1 aromatic heterocycles. The average molecular weight is 168 g/mol. The van der Waals surface area contributed by atoms with Gasteiger partial charge in [-0.2, -0.15) is 0 Å². The first-order valence-electron chi connectivity index (χ1n) is 4.43. The summed E-state index contributed by atoms with van der Waals surface area (Å²) in [4.78, 5) is 0. The van der Waals surface area contributed by atoms with Gasteiger partial charge in [0.25, 0.3) is 0 Å². The third-order valence-corrected chi connectivity index (χ3v) is 1.83. The van der Waals surface area contributed by atoms with Gasteiger partial charge in [-0.3, -0.25) is 4.68 Å². The SMILES string of the molecule is CCCn1cc(C(N)CC)nn1. The number of hydrogen-bond donors (Lipinski definition) is 1. The predicted octanol–water partition coefficient (Wildman–Crippen LogP) is 1.10. The first-order valence-corrected chi connectivity index (χ1v) is 4.43. The highest BCUT2D eigenvalue weighted by atomic mass is 15.4. The van der Waals surface area contributed by atoms with E-state index < -0.39 is 0 Å². The molecule has 1 rings (SSSR count). The quantitative estimate of drug-likeness (QED) is 0.732. The standard InChI is InChI=1S/C8H16N4/c1-3-5-12-6-8(10-11-12)7(9)4-2/h6-7H,3-5,9H2,1-2H3. The summed E-state index contributed by atoms with van der Waals surface area (Å²) in [5, 5.41) is 7.96. The Morgan fingerprint density at radius 3 is 2.92 bits per heavy atom. The lowest BCUT2D eigenvalue weighted by Crippen LogP contribution is -2.08. The molecule has 1 aromatic rings. The van der Waals surface area contributed by atoms with E-state index in [0.717, 1.165) is 25.1 Å². The molecule has 0 amide bonds. The molecule has 0 aliphatic rings. The summed E-state index contributed by atoms with van der Waals surface area (Å²) in [6.45, 7) is 5.08. The maximum absolute atomic E-state index is 5.79. The summed E-state index contributed by atoms with van der Waals surface area (Å²) >= 11 is 0. The molecule has 2 N–H and O–H groups in total. The van der Waals surface area contributed by atoms with Crippen LogP contribution >= 0.6 is 0 Å². The van der Waals surface area contributed by atoms with Crippen LogP contribution in [0.15, 0.2) is 6.20 Å². The highest BCUT2D eigenvalue weighted by Crippen LogP contribution is 2.08. The first-order chi connectivity index (χ1) is 5.77. The number of hydrogen-bond acceptors (Lipinski definition) is 3. The third kappa shape index (κ3) is 2.04. The van der Waals surface area contributed by atoms with Gasteiger partial charge in [-0.15, -0.1) is 5.10 Å². The van der Waals surface area contributed by atoms with Gasteiger partial charge in [0.15, 0.2) is 0 Å². The fourth-order valence-corrected chi connectivity index (χ4v) is 1.03. The Morgan fingerprint density at radius 2 is 2.33 bits per heavy atom. The van der Waals surface area contributed by atoms with Crippen LogP contribution in [-0.2, 0) is 6.54 Å². The van der Waals surface area contributed by atoms with Crippen molar-refractivity contribution < 1.29 is 0 Å². The van der Waals surface area contributed by atoms with Crippen LogP contribution in [-0.4, -0.2) is 15.0 Å². The van der Waals surface area contributed by atoms with Gasteiger partial charge in [0.05, 0.1) is 17.9 Å². The first kappa shape index (κ1) is 9.19. The molecule has 68 valence electrons. The third-order valence-electron chi connectivity index (χ3n) is 1.83. The van der Waals surface area contributed by atoms with Gasteiger partial charge in [0.2, 0.25) is 0 Å². The van der Waals surface area contributed by atoms with E-state index in [1.54, 1.807) is 0 Å². The summed E-state index contributed by atoms with van der Waals surface area (Å²) < 4.78 is 1.84. The Bertz CT molecular complexity index is 231. The Hall–Kier alpha value is -0.900. The van der Waals surface area contributed by atoms with Crippen LogP contribution in [0.5, 0.6) is 0 Å². The lowest BCUT2D eigenvalue weighted by atomic mass is 10.2. The van der Waals surface area contributed by atoms with Crippen LogP contribution in [0.4, 0.5) is 0 Å². The zero-order valence-electron chi connectivity index (χ0n) is 7.70. The van der Waals surface area contributed by atoms with Crippen LogP contribution in [0.3, 0.4) is 0 Å². The summed E-state index contributed by atoms with van der Waals surface area (Å²) in [5.41, 5.74) is 6.68. The predicted molar refractivity (Wildman–Crippen MR) is 47.5 cm³/mol. The fourth-order valence-electron chi connectivity index (χ4n) is 1.03. The Balaban J connectivity index is 2.63. The van der Waals surface area contributed by atoms with Gasteiger partial charge >= 0.3 is 0 Å². The summed E-state index contributed by atoms with van der Waals surface area (Å²) in [6, 6.07) is 0.0376. The summed E-state index contributed by atoms with van der Waals surface area (Å²) in [7, 11) is 0. The number of nitrogens with zero attached hydrogens (tertiary/aromatic N) is 3. The molecular weight excluding hydrogens is 152 g/mol. The van der Waals surface area contributed by atoms with Crippen molar-refractivity contribution in [2.45, 2.75) is 39.3 Å². The van der Waals surface area contributed by atoms with Crippen molar-refractivity contribution >= 4 is 0 Å². The molecule has 4 heteroatoms. The summed E-state index contributed by atoms with van der Waals surface area (Å²) in [6.07, 6.45) is 3.91. The van der Waals surface area contributed by atoms with Crippen LogP contribution in [0.25, 0.3) is 0 Å². The molecule has 0 aliphatic heterocycles. The van der Waals surface area contributed by atoms with E-state index in [-0.39, 0.29) is 6.04 Å². The fraction of sp³-hybridized carbons (Fsp3) is 0.750. The minimum absolute atomic E-state index is 0.0376. The van der Waals surface area contributed by atoms with E-state index in [9.17, 15) is 0 Å². The Kier molecular flexibility index (Phi) is 3.22.